The van der Waals surface area contributed by atoms with Gasteiger partial charge in [0.15, 0.2) is 0 Å². The van der Waals surface area contributed by atoms with Gasteiger partial charge in [0, 0.05) is 32.7 Å². The van der Waals surface area contributed by atoms with E-state index in [0.717, 1.165) is 18.2 Å². The second-order valence-corrected chi connectivity index (χ2v) is 7.74. The normalized spacial score (nSPS) is 16.9. The van der Waals surface area contributed by atoms with E-state index in [1.807, 2.05) is 0 Å². The summed E-state index contributed by atoms with van der Waals surface area (Å²) in [7, 11) is 0. The van der Waals surface area contributed by atoms with Gasteiger partial charge < -0.3 is 20.5 Å². The molecular weight excluding hydrogens is 505 g/mol. The van der Waals surface area contributed by atoms with Crippen LogP contribution in [0.3, 0.4) is 0 Å². The van der Waals surface area contributed by atoms with E-state index in [2.05, 4.69) is 4.74 Å². The Balaban J connectivity index is 2.08. The highest BCUT2D eigenvalue weighted by Crippen LogP contribution is 2.36. The number of carbonyl (C=O) groups excluding carboxylic acids is 1. The molecule has 0 radical (unpaired) electrons. The number of benzene rings is 1. The number of carboxylic acid groups (broad SMARTS) is 1. The van der Waals surface area contributed by atoms with Crippen LogP contribution in [0.4, 0.5) is 44.3 Å². The topological polar surface area (TPSA) is 96.1 Å². The molecule has 1 aromatic rings. The average Bonchev–Trinajstić information content (AvgIpc) is 2.71. The van der Waals surface area contributed by atoms with Crippen LogP contribution in [0.15, 0.2) is 18.2 Å². The predicted molar refractivity (Wildman–Crippen MR) is 100.0 cm³/mol. The zero-order valence-electron chi connectivity index (χ0n) is 17.7. The molecule has 1 atom stereocenters. The van der Waals surface area contributed by atoms with Crippen LogP contribution >= 0.6 is 0 Å². The molecular formula is C19H20F9N3O4. The molecule has 0 aromatic heterocycles. The van der Waals surface area contributed by atoms with Gasteiger partial charge >= 0.3 is 30.6 Å². The first kappa shape index (κ1) is 28.5. The molecule has 0 aliphatic carbocycles. The number of hydrogen-bond donors (Lipinski definition) is 2. The van der Waals surface area contributed by atoms with Crippen LogP contribution in [0.2, 0.25) is 0 Å². The van der Waals surface area contributed by atoms with Crippen LogP contribution in [0, 0.1) is 0 Å². The molecule has 1 heterocycles. The summed E-state index contributed by atoms with van der Waals surface area (Å²) in [6.45, 7) is -0.763. The molecule has 0 unspecified atom stereocenters. The first-order valence-electron chi connectivity index (χ1n) is 9.88. The van der Waals surface area contributed by atoms with Crippen molar-refractivity contribution in [3.05, 3.63) is 34.9 Å². The van der Waals surface area contributed by atoms with Crippen molar-refractivity contribution < 1.29 is 58.9 Å². The Morgan fingerprint density at radius 2 is 1.49 bits per heavy atom. The van der Waals surface area contributed by atoms with E-state index in [0.29, 0.717) is 10.5 Å². The van der Waals surface area contributed by atoms with E-state index < -0.39 is 54.7 Å². The molecule has 0 spiro atoms. The van der Waals surface area contributed by atoms with E-state index in [1.54, 1.807) is 4.90 Å². The van der Waals surface area contributed by atoms with Gasteiger partial charge in [0.05, 0.1) is 5.56 Å². The third kappa shape index (κ3) is 7.88. The highest BCUT2D eigenvalue weighted by atomic mass is 19.4. The minimum Gasteiger partial charge on any atom is -0.480 e. The second-order valence-electron chi connectivity index (χ2n) is 7.74. The van der Waals surface area contributed by atoms with E-state index in [4.69, 9.17) is 10.8 Å². The van der Waals surface area contributed by atoms with E-state index >= 15 is 0 Å². The van der Waals surface area contributed by atoms with Gasteiger partial charge in [0.1, 0.15) is 6.04 Å². The minimum absolute atomic E-state index is 0.00904. The quantitative estimate of drug-likeness (QED) is 0.553. The maximum atomic E-state index is 13.1. The molecule has 0 bridgehead atoms. The number of rotatable bonds is 6. The van der Waals surface area contributed by atoms with Crippen molar-refractivity contribution in [3.63, 3.8) is 0 Å². The van der Waals surface area contributed by atoms with E-state index in [9.17, 15) is 49.1 Å². The Kier molecular flexibility index (Phi) is 8.53. The lowest BCUT2D eigenvalue weighted by molar-refractivity contribution is -0.308. The molecule has 1 fully saturated rings. The van der Waals surface area contributed by atoms with Crippen LogP contribution < -0.4 is 5.73 Å². The number of carbonyl (C=O) groups is 2. The lowest BCUT2D eigenvalue weighted by Crippen LogP contribution is -2.52. The molecule has 16 heteroatoms. The second kappa shape index (κ2) is 10.5. The largest absolute Gasteiger partial charge is 0.480 e. The number of piperazine rings is 1. The Labute approximate surface area is 192 Å². The fraction of sp³-hybridized carbons (Fsp3) is 0.579. The number of alkyl halides is 9. The number of hydrogen-bond acceptors (Lipinski definition) is 5. The number of carboxylic acids is 1. The molecule has 0 saturated carbocycles. The summed E-state index contributed by atoms with van der Waals surface area (Å²) in [5.41, 5.74) is 4.73. The number of nitrogens with two attached hydrogens (primary N) is 1. The van der Waals surface area contributed by atoms with Crippen molar-refractivity contribution in [2.24, 2.45) is 5.73 Å². The average molecular weight is 525 g/mol. The van der Waals surface area contributed by atoms with Gasteiger partial charge in [-0.25, -0.2) is 4.79 Å². The summed E-state index contributed by atoms with van der Waals surface area (Å²) in [4.78, 5) is 25.1. The lowest BCUT2D eigenvalue weighted by Gasteiger charge is -2.35. The van der Waals surface area contributed by atoms with Crippen LogP contribution in [-0.2, 0) is 28.7 Å². The van der Waals surface area contributed by atoms with E-state index in [-0.39, 0.29) is 38.3 Å². The summed E-state index contributed by atoms with van der Waals surface area (Å²) in [5.74, 6) is -1.43. The molecule has 1 saturated heterocycles. The van der Waals surface area contributed by atoms with Crippen LogP contribution in [-0.4, -0.2) is 77.6 Å². The van der Waals surface area contributed by atoms with Crippen molar-refractivity contribution in [2.75, 3.05) is 26.2 Å². The SMILES string of the molecule is N[C@@H](Cc1cc(C(F)(F)F)ccc1CN1CCN(C(=O)OC(C(F)(F)F)C(F)(F)F)CC1)C(=O)O. The van der Waals surface area contributed by atoms with Crippen molar-refractivity contribution >= 4 is 12.1 Å². The van der Waals surface area contributed by atoms with Gasteiger partial charge in [-0.15, -0.1) is 0 Å². The zero-order chi connectivity index (χ0) is 26.8. The summed E-state index contributed by atoms with van der Waals surface area (Å²) in [6.07, 6.45) is -22.9. The summed E-state index contributed by atoms with van der Waals surface area (Å²) in [5, 5.41) is 8.98. The predicted octanol–water partition coefficient (Wildman–Crippen LogP) is 3.41. The fourth-order valence-corrected chi connectivity index (χ4v) is 3.29. The summed E-state index contributed by atoms with van der Waals surface area (Å²) >= 11 is 0. The zero-order valence-corrected chi connectivity index (χ0v) is 17.7. The monoisotopic (exact) mass is 525 g/mol. The minimum atomic E-state index is -5.86. The summed E-state index contributed by atoms with van der Waals surface area (Å²) < 4.78 is 118. The molecule has 35 heavy (non-hydrogen) atoms. The highest BCUT2D eigenvalue weighted by Gasteiger charge is 2.60. The molecule has 1 aliphatic heterocycles. The molecule has 1 amide bonds. The smallest absolute Gasteiger partial charge is 0.434 e. The van der Waals surface area contributed by atoms with Gasteiger partial charge in [0.2, 0.25) is 0 Å². The van der Waals surface area contributed by atoms with Gasteiger partial charge in [0.25, 0.3) is 6.10 Å². The summed E-state index contributed by atoms with van der Waals surface area (Å²) in [6, 6.07) is 1.19. The Morgan fingerprint density at radius 1 is 0.943 bits per heavy atom. The van der Waals surface area contributed by atoms with Crippen molar-refractivity contribution in [1.29, 1.82) is 0 Å². The van der Waals surface area contributed by atoms with Crippen LogP contribution in [0.25, 0.3) is 0 Å². The van der Waals surface area contributed by atoms with Crippen molar-refractivity contribution in [2.45, 2.75) is 43.6 Å². The standard InChI is InChI=1S/C19H20F9N3O4/c20-17(21,22)12-2-1-10(11(7-12)8-13(29)14(32)33)9-30-3-5-31(6-4-30)16(34)35-15(18(23,24)25)19(26,27)28/h1-2,7,13,15H,3-6,8-9,29H2,(H,32,33)/t13-/m0/s1. The Morgan fingerprint density at radius 3 is 1.94 bits per heavy atom. The lowest BCUT2D eigenvalue weighted by atomic mass is 9.97. The number of halogens is 9. The maximum absolute atomic E-state index is 13.1. The van der Waals surface area contributed by atoms with Crippen LogP contribution in [0.1, 0.15) is 16.7 Å². The Hall–Kier alpha value is -2.75. The third-order valence-electron chi connectivity index (χ3n) is 5.13. The van der Waals surface area contributed by atoms with E-state index in [1.165, 1.54) is 0 Å². The van der Waals surface area contributed by atoms with Gasteiger partial charge in [-0.3, -0.25) is 9.69 Å². The number of aliphatic carboxylic acids is 1. The van der Waals surface area contributed by atoms with Gasteiger partial charge in [-0.05, 0) is 29.7 Å². The fourth-order valence-electron chi connectivity index (χ4n) is 3.29. The number of nitrogens with zero attached hydrogens (tertiary/aromatic N) is 2. The molecule has 3 N–H and O–H groups in total. The van der Waals surface area contributed by atoms with Gasteiger partial charge in [-0.1, -0.05) is 6.07 Å². The maximum Gasteiger partial charge on any atom is 0.434 e. The molecule has 2 rings (SSSR count). The highest BCUT2D eigenvalue weighted by molar-refractivity contribution is 5.73. The van der Waals surface area contributed by atoms with Crippen LogP contribution in [0.5, 0.6) is 0 Å². The van der Waals surface area contributed by atoms with Crippen molar-refractivity contribution in [1.82, 2.24) is 9.80 Å². The molecule has 7 nitrogen and oxygen atoms in total. The first-order chi connectivity index (χ1) is 15.9. The molecule has 198 valence electrons. The van der Waals surface area contributed by atoms with Crippen molar-refractivity contribution in [3.8, 4) is 0 Å². The Bertz CT molecular complexity index is 896. The molecule has 1 aliphatic rings. The molecule has 1 aromatic carbocycles. The third-order valence-corrected chi connectivity index (χ3v) is 5.13. The first-order valence-corrected chi connectivity index (χ1v) is 9.88. The van der Waals surface area contributed by atoms with Gasteiger partial charge in [-0.2, -0.15) is 39.5 Å². The number of ether oxygens (including phenoxy) is 1. The number of amides is 1.